The molecule has 1 aliphatic rings. The summed E-state index contributed by atoms with van der Waals surface area (Å²) in [6, 6.07) is 14.7. The van der Waals surface area contributed by atoms with Gasteiger partial charge in [-0.1, -0.05) is 61.2 Å². The average Bonchev–Trinajstić information content (AvgIpc) is 2.73. The van der Waals surface area contributed by atoms with Gasteiger partial charge in [-0.15, -0.1) is 0 Å². The predicted octanol–water partition coefficient (Wildman–Crippen LogP) is 5.40. The maximum Gasteiger partial charge on any atom is 0.255 e. The van der Waals surface area contributed by atoms with Gasteiger partial charge in [-0.3, -0.25) is 9.59 Å². The third-order valence-electron chi connectivity index (χ3n) is 5.18. The first-order chi connectivity index (χ1) is 13.6. The van der Waals surface area contributed by atoms with Crippen LogP contribution < -0.4 is 5.32 Å². The van der Waals surface area contributed by atoms with Gasteiger partial charge in [0.25, 0.3) is 5.91 Å². The number of anilines is 1. The number of rotatable bonds is 5. The van der Waals surface area contributed by atoms with Gasteiger partial charge in [-0.25, -0.2) is 0 Å². The number of para-hydroxylation sites is 1. The minimum Gasteiger partial charge on any atom is -0.339 e. The van der Waals surface area contributed by atoms with Gasteiger partial charge < -0.3 is 10.2 Å². The summed E-state index contributed by atoms with van der Waals surface area (Å²) in [5.41, 5.74) is 1.79. The Morgan fingerprint density at radius 1 is 1.04 bits per heavy atom. The van der Waals surface area contributed by atoms with Crippen LogP contribution in [0, 0.1) is 0 Å². The van der Waals surface area contributed by atoms with E-state index in [1.807, 2.05) is 42.3 Å². The lowest BCUT2D eigenvalue weighted by molar-refractivity contribution is -0.111. The van der Waals surface area contributed by atoms with Crippen LogP contribution in [0.25, 0.3) is 6.08 Å². The van der Waals surface area contributed by atoms with Crippen LogP contribution in [-0.4, -0.2) is 29.8 Å². The monoisotopic (exact) mass is 396 g/mol. The van der Waals surface area contributed by atoms with Gasteiger partial charge in [0, 0.05) is 24.2 Å². The largest absolute Gasteiger partial charge is 0.339 e. The molecule has 0 atom stereocenters. The Morgan fingerprint density at radius 3 is 2.46 bits per heavy atom. The van der Waals surface area contributed by atoms with Crippen LogP contribution in [0.15, 0.2) is 54.6 Å². The molecule has 0 aliphatic heterocycles. The zero-order valence-electron chi connectivity index (χ0n) is 16.0. The third-order valence-corrected chi connectivity index (χ3v) is 5.52. The fraction of sp³-hybridized carbons (Fsp3) is 0.304. The summed E-state index contributed by atoms with van der Waals surface area (Å²) in [5, 5.41) is 3.40. The molecular weight excluding hydrogens is 372 g/mol. The minimum atomic E-state index is -0.305. The van der Waals surface area contributed by atoms with Crippen LogP contribution in [0.1, 0.15) is 48.0 Å². The Balaban J connectivity index is 1.72. The summed E-state index contributed by atoms with van der Waals surface area (Å²) in [6.07, 6.45) is 8.72. The number of halogens is 1. The zero-order valence-corrected chi connectivity index (χ0v) is 16.8. The van der Waals surface area contributed by atoms with Crippen molar-refractivity contribution in [2.24, 2.45) is 0 Å². The van der Waals surface area contributed by atoms with Crippen molar-refractivity contribution in [3.8, 4) is 0 Å². The van der Waals surface area contributed by atoms with Crippen molar-refractivity contribution < 1.29 is 9.59 Å². The van der Waals surface area contributed by atoms with Gasteiger partial charge in [-0.05, 0) is 42.7 Å². The molecular formula is C23H25ClN2O2. The van der Waals surface area contributed by atoms with E-state index in [2.05, 4.69) is 5.32 Å². The van der Waals surface area contributed by atoms with E-state index in [4.69, 9.17) is 11.6 Å². The molecule has 0 saturated heterocycles. The first kappa shape index (κ1) is 20.2. The molecule has 2 amide bonds. The number of benzene rings is 2. The van der Waals surface area contributed by atoms with Crippen molar-refractivity contribution in [3.63, 3.8) is 0 Å². The standard InChI is InChI=1S/C23H25ClN2O2/c1-26(18-10-3-2-4-11-18)23(28)19-12-6-8-14-21(19)25-22(27)16-15-17-9-5-7-13-20(17)24/h5-9,12-16,18H,2-4,10-11H2,1H3,(H,25,27). The summed E-state index contributed by atoms with van der Waals surface area (Å²) < 4.78 is 0. The number of nitrogens with zero attached hydrogens (tertiary/aromatic N) is 1. The molecule has 3 rings (SSSR count). The van der Waals surface area contributed by atoms with E-state index in [1.54, 1.807) is 24.3 Å². The van der Waals surface area contributed by atoms with E-state index in [-0.39, 0.29) is 17.9 Å². The van der Waals surface area contributed by atoms with Crippen molar-refractivity contribution in [1.82, 2.24) is 4.90 Å². The van der Waals surface area contributed by atoms with Crippen LogP contribution >= 0.6 is 11.6 Å². The quantitative estimate of drug-likeness (QED) is 0.688. The summed E-state index contributed by atoms with van der Waals surface area (Å²) in [7, 11) is 1.86. The summed E-state index contributed by atoms with van der Waals surface area (Å²) in [5.74, 6) is -0.363. The fourth-order valence-electron chi connectivity index (χ4n) is 3.55. The maximum absolute atomic E-state index is 13.0. The molecule has 0 spiro atoms. The summed E-state index contributed by atoms with van der Waals surface area (Å²) in [4.78, 5) is 27.2. The van der Waals surface area contributed by atoms with E-state index in [9.17, 15) is 9.59 Å². The normalized spacial score (nSPS) is 14.8. The lowest BCUT2D eigenvalue weighted by Crippen LogP contribution is -2.38. The van der Waals surface area contributed by atoms with Crippen molar-refractivity contribution in [2.75, 3.05) is 12.4 Å². The molecule has 2 aromatic carbocycles. The van der Waals surface area contributed by atoms with Crippen LogP contribution in [0.4, 0.5) is 5.69 Å². The van der Waals surface area contributed by atoms with Crippen LogP contribution in [0.5, 0.6) is 0 Å². The second-order valence-electron chi connectivity index (χ2n) is 7.10. The van der Waals surface area contributed by atoms with E-state index in [0.29, 0.717) is 16.3 Å². The lowest BCUT2D eigenvalue weighted by Gasteiger charge is -2.31. The molecule has 4 nitrogen and oxygen atoms in total. The fourth-order valence-corrected chi connectivity index (χ4v) is 3.75. The smallest absolute Gasteiger partial charge is 0.255 e. The van der Waals surface area contributed by atoms with Crippen molar-refractivity contribution in [1.29, 1.82) is 0 Å². The zero-order chi connectivity index (χ0) is 19.9. The Morgan fingerprint density at radius 2 is 1.71 bits per heavy atom. The number of carbonyl (C=O) groups is 2. The highest BCUT2D eigenvalue weighted by atomic mass is 35.5. The van der Waals surface area contributed by atoms with Gasteiger partial charge in [0.15, 0.2) is 0 Å². The van der Waals surface area contributed by atoms with Crippen LogP contribution in [0.3, 0.4) is 0 Å². The molecule has 0 heterocycles. The number of nitrogens with one attached hydrogen (secondary N) is 1. The topological polar surface area (TPSA) is 49.4 Å². The molecule has 5 heteroatoms. The number of hydrogen-bond donors (Lipinski definition) is 1. The van der Waals surface area contributed by atoms with E-state index in [1.165, 1.54) is 12.5 Å². The molecule has 0 radical (unpaired) electrons. The Bertz CT molecular complexity index is 872. The van der Waals surface area contributed by atoms with Gasteiger partial charge in [0.2, 0.25) is 5.91 Å². The minimum absolute atomic E-state index is 0.0575. The first-order valence-electron chi connectivity index (χ1n) is 9.66. The first-order valence-corrected chi connectivity index (χ1v) is 10.0. The third kappa shape index (κ3) is 5.02. The second-order valence-corrected chi connectivity index (χ2v) is 7.50. The van der Waals surface area contributed by atoms with E-state index in [0.717, 1.165) is 31.2 Å². The summed E-state index contributed by atoms with van der Waals surface area (Å²) >= 11 is 6.11. The molecule has 1 aliphatic carbocycles. The highest BCUT2D eigenvalue weighted by Crippen LogP contribution is 2.25. The number of carbonyl (C=O) groups excluding carboxylic acids is 2. The molecule has 0 aromatic heterocycles. The number of amides is 2. The van der Waals surface area contributed by atoms with Gasteiger partial charge in [0.1, 0.15) is 0 Å². The number of hydrogen-bond acceptors (Lipinski definition) is 2. The SMILES string of the molecule is CN(C(=O)c1ccccc1NC(=O)C=Cc1ccccc1Cl)C1CCCCC1. The molecule has 1 N–H and O–H groups in total. The van der Waals surface area contributed by atoms with Gasteiger partial charge in [-0.2, -0.15) is 0 Å². The highest BCUT2D eigenvalue weighted by molar-refractivity contribution is 6.32. The molecule has 1 saturated carbocycles. The molecule has 2 aromatic rings. The van der Waals surface area contributed by atoms with E-state index < -0.39 is 0 Å². The molecule has 1 fully saturated rings. The van der Waals surface area contributed by atoms with Gasteiger partial charge >= 0.3 is 0 Å². The van der Waals surface area contributed by atoms with E-state index >= 15 is 0 Å². The Kier molecular flexibility index (Phi) is 6.88. The average molecular weight is 397 g/mol. The van der Waals surface area contributed by atoms with Crippen molar-refractivity contribution >= 4 is 35.2 Å². The molecule has 0 unspecified atom stereocenters. The summed E-state index contributed by atoms with van der Waals surface area (Å²) in [6.45, 7) is 0. The Labute approximate surface area is 171 Å². The van der Waals surface area contributed by atoms with Gasteiger partial charge in [0.05, 0.1) is 11.3 Å². The Hall–Kier alpha value is -2.59. The highest BCUT2D eigenvalue weighted by Gasteiger charge is 2.24. The van der Waals surface area contributed by atoms with Crippen molar-refractivity contribution in [3.05, 3.63) is 70.8 Å². The van der Waals surface area contributed by atoms with Crippen LogP contribution in [-0.2, 0) is 4.79 Å². The molecule has 28 heavy (non-hydrogen) atoms. The molecule has 0 bridgehead atoms. The predicted molar refractivity (Wildman–Crippen MR) is 115 cm³/mol. The van der Waals surface area contributed by atoms with Crippen LogP contribution in [0.2, 0.25) is 5.02 Å². The maximum atomic E-state index is 13.0. The lowest BCUT2D eigenvalue weighted by atomic mass is 9.94. The van der Waals surface area contributed by atoms with Crippen molar-refractivity contribution in [2.45, 2.75) is 38.1 Å². The molecule has 146 valence electrons. The second kappa shape index (κ2) is 9.56.